The van der Waals surface area contributed by atoms with E-state index in [0.29, 0.717) is 18.0 Å². The van der Waals surface area contributed by atoms with Crippen LogP contribution in [-0.4, -0.2) is 33.1 Å². The standard InChI is InChI=1S/C32H32F2N2O2.CH2O3/c33-28-16-25-19-36(32(38)27(25)17-29(28)34)18-21-10-12-24(13-11-21)30(23-5-1-2-6-23)31(37)35-26-7-3-4-22(15-26)14-20-8-9-20;2-1(3)4/h3-4,7,10-13,15-17,20,23,30H,1-2,5-6,8-9,14,18-19H2,(H,35,37);(H2,2,3,4). The van der Waals surface area contributed by atoms with E-state index in [-0.39, 0.29) is 29.8 Å². The van der Waals surface area contributed by atoms with Gasteiger partial charge in [-0.1, -0.05) is 49.2 Å². The zero-order valence-electron chi connectivity index (χ0n) is 23.2. The van der Waals surface area contributed by atoms with Crippen LogP contribution in [0.5, 0.6) is 0 Å². The fourth-order valence-electron chi connectivity index (χ4n) is 6.12. The number of carbonyl (C=O) groups is 3. The number of halogens is 2. The Morgan fingerprint density at radius 2 is 1.57 bits per heavy atom. The van der Waals surface area contributed by atoms with Gasteiger partial charge in [-0.15, -0.1) is 0 Å². The van der Waals surface area contributed by atoms with Gasteiger partial charge in [0.2, 0.25) is 5.91 Å². The second-order valence-electron chi connectivity index (χ2n) is 11.5. The number of anilines is 1. The van der Waals surface area contributed by atoms with Crippen LogP contribution in [0.15, 0.2) is 60.7 Å². The Morgan fingerprint density at radius 3 is 2.24 bits per heavy atom. The topological polar surface area (TPSA) is 107 Å². The van der Waals surface area contributed by atoms with Crippen molar-refractivity contribution in [3.8, 4) is 0 Å². The van der Waals surface area contributed by atoms with Crippen molar-refractivity contribution in [2.75, 3.05) is 5.32 Å². The largest absolute Gasteiger partial charge is 0.503 e. The molecule has 2 aliphatic carbocycles. The zero-order valence-corrected chi connectivity index (χ0v) is 23.2. The maximum atomic E-state index is 13.6. The van der Waals surface area contributed by atoms with Gasteiger partial charge in [-0.2, -0.15) is 0 Å². The van der Waals surface area contributed by atoms with Crippen molar-refractivity contribution < 1.29 is 33.4 Å². The fourth-order valence-corrected chi connectivity index (χ4v) is 6.12. The van der Waals surface area contributed by atoms with Crippen molar-refractivity contribution in [2.24, 2.45) is 11.8 Å². The summed E-state index contributed by atoms with van der Waals surface area (Å²) in [7, 11) is 0. The molecule has 2 fully saturated rings. The lowest BCUT2D eigenvalue weighted by atomic mass is 9.83. The number of nitrogens with one attached hydrogen (secondary N) is 1. The maximum Gasteiger partial charge on any atom is 0.503 e. The van der Waals surface area contributed by atoms with E-state index in [2.05, 4.69) is 17.4 Å². The minimum absolute atomic E-state index is 0.0300. The molecule has 2 amide bonds. The van der Waals surface area contributed by atoms with Crippen LogP contribution in [0.1, 0.15) is 77.1 Å². The number of nitrogens with zero attached hydrogens (tertiary/aromatic N) is 1. The van der Waals surface area contributed by atoms with Crippen LogP contribution in [0.4, 0.5) is 19.3 Å². The van der Waals surface area contributed by atoms with Gasteiger partial charge in [-0.25, -0.2) is 13.6 Å². The number of amides is 2. The van der Waals surface area contributed by atoms with Crippen molar-refractivity contribution in [3.05, 3.63) is 100 Å². The molecule has 0 spiro atoms. The zero-order chi connectivity index (χ0) is 29.8. The molecule has 9 heteroatoms. The molecule has 2 saturated carbocycles. The second kappa shape index (κ2) is 12.7. The molecule has 1 heterocycles. The van der Waals surface area contributed by atoms with Gasteiger partial charge in [0.15, 0.2) is 11.6 Å². The van der Waals surface area contributed by atoms with Crippen molar-refractivity contribution in [2.45, 2.75) is 64.0 Å². The third-order valence-electron chi connectivity index (χ3n) is 8.31. The average molecular weight is 577 g/mol. The second-order valence-corrected chi connectivity index (χ2v) is 11.5. The molecule has 42 heavy (non-hydrogen) atoms. The number of carboxylic acid groups (broad SMARTS) is 2. The lowest BCUT2D eigenvalue weighted by molar-refractivity contribution is -0.118. The molecular weight excluding hydrogens is 542 g/mol. The van der Waals surface area contributed by atoms with Crippen molar-refractivity contribution >= 4 is 23.7 Å². The Morgan fingerprint density at radius 1 is 0.905 bits per heavy atom. The van der Waals surface area contributed by atoms with E-state index >= 15 is 0 Å². The van der Waals surface area contributed by atoms with Crippen LogP contribution >= 0.6 is 0 Å². The molecule has 0 radical (unpaired) electrons. The molecule has 220 valence electrons. The Hall–Kier alpha value is -4.27. The fraction of sp³-hybridized carbons (Fsp3) is 0.364. The highest BCUT2D eigenvalue weighted by atomic mass is 19.2. The molecule has 7 nitrogen and oxygen atoms in total. The summed E-state index contributed by atoms with van der Waals surface area (Å²) < 4.78 is 27.3. The van der Waals surface area contributed by atoms with Gasteiger partial charge in [0.25, 0.3) is 5.91 Å². The molecule has 1 atom stereocenters. The molecule has 1 unspecified atom stereocenters. The van der Waals surface area contributed by atoms with Crippen molar-refractivity contribution in [1.82, 2.24) is 4.90 Å². The third-order valence-corrected chi connectivity index (χ3v) is 8.31. The quantitative estimate of drug-likeness (QED) is 0.263. The first-order chi connectivity index (χ1) is 20.2. The van der Waals surface area contributed by atoms with E-state index in [1.54, 1.807) is 4.90 Å². The van der Waals surface area contributed by atoms with Crippen LogP contribution in [0.25, 0.3) is 0 Å². The highest BCUT2D eigenvalue weighted by Gasteiger charge is 2.33. The van der Waals surface area contributed by atoms with Crippen LogP contribution < -0.4 is 5.32 Å². The van der Waals surface area contributed by atoms with Crippen LogP contribution in [-0.2, 0) is 24.3 Å². The summed E-state index contributed by atoms with van der Waals surface area (Å²) in [4.78, 5) is 36.5. The van der Waals surface area contributed by atoms with E-state index in [9.17, 15) is 18.4 Å². The smallest absolute Gasteiger partial charge is 0.450 e. The minimum atomic E-state index is -1.83. The molecule has 6 rings (SSSR count). The maximum absolute atomic E-state index is 13.6. The lowest BCUT2D eigenvalue weighted by Crippen LogP contribution is -2.27. The molecule has 3 aliphatic rings. The van der Waals surface area contributed by atoms with Crippen LogP contribution in [0.3, 0.4) is 0 Å². The molecule has 1 aliphatic heterocycles. The minimum Gasteiger partial charge on any atom is -0.450 e. The van der Waals surface area contributed by atoms with Gasteiger partial charge in [-0.3, -0.25) is 9.59 Å². The summed E-state index contributed by atoms with van der Waals surface area (Å²) in [5.74, 6) is -1.35. The first kappa shape index (κ1) is 29.2. The molecule has 3 aromatic carbocycles. The van der Waals surface area contributed by atoms with E-state index < -0.39 is 17.8 Å². The highest BCUT2D eigenvalue weighted by Crippen LogP contribution is 2.39. The molecule has 0 saturated heterocycles. The summed E-state index contributed by atoms with van der Waals surface area (Å²) in [6.07, 6.45) is 6.19. The van der Waals surface area contributed by atoms with Gasteiger partial charge in [0, 0.05) is 24.3 Å². The number of benzene rings is 3. The number of hydrogen-bond acceptors (Lipinski definition) is 3. The molecule has 3 N–H and O–H groups in total. The third kappa shape index (κ3) is 7.13. The van der Waals surface area contributed by atoms with E-state index in [1.165, 1.54) is 18.4 Å². The normalized spacial score (nSPS) is 16.9. The Balaban J connectivity index is 0.000000830. The highest BCUT2D eigenvalue weighted by molar-refractivity contribution is 5.98. The Bertz CT molecular complexity index is 1460. The van der Waals surface area contributed by atoms with Gasteiger partial charge >= 0.3 is 6.16 Å². The summed E-state index contributed by atoms with van der Waals surface area (Å²) in [6, 6.07) is 18.2. The van der Waals surface area contributed by atoms with Crippen LogP contribution in [0.2, 0.25) is 0 Å². The van der Waals surface area contributed by atoms with E-state index in [0.717, 1.165) is 67.0 Å². The first-order valence-corrected chi connectivity index (χ1v) is 14.4. The number of rotatable bonds is 8. The number of hydrogen-bond donors (Lipinski definition) is 3. The van der Waals surface area contributed by atoms with Gasteiger partial charge in [-0.05, 0) is 90.5 Å². The van der Waals surface area contributed by atoms with Gasteiger partial charge in [0.1, 0.15) is 0 Å². The predicted molar refractivity (Wildman–Crippen MR) is 153 cm³/mol. The number of fused-ring (bicyclic) bond motifs is 1. The summed E-state index contributed by atoms with van der Waals surface area (Å²) in [5, 5.41) is 17.1. The lowest BCUT2D eigenvalue weighted by Gasteiger charge is -2.24. The van der Waals surface area contributed by atoms with Crippen molar-refractivity contribution in [1.29, 1.82) is 0 Å². The summed E-state index contributed by atoms with van der Waals surface area (Å²) >= 11 is 0. The summed E-state index contributed by atoms with van der Waals surface area (Å²) in [6.45, 7) is 0.588. The van der Waals surface area contributed by atoms with E-state index in [4.69, 9.17) is 15.0 Å². The van der Waals surface area contributed by atoms with Gasteiger partial charge < -0.3 is 20.4 Å². The Labute approximate surface area is 243 Å². The predicted octanol–water partition coefficient (Wildman–Crippen LogP) is 7.21. The van der Waals surface area contributed by atoms with Crippen molar-refractivity contribution in [3.63, 3.8) is 0 Å². The van der Waals surface area contributed by atoms with Crippen LogP contribution in [0, 0.1) is 23.5 Å². The Kier molecular flexibility index (Phi) is 8.85. The van der Waals surface area contributed by atoms with E-state index in [1.807, 2.05) is 36.4 Å². The molecule has 3 aromatic rings. The summed E-state index contributed by atoms with van der Waals surface area (Å²) in [5.41, 5.74) is 4.75. The van der Waals surface area contributed by atoms with Gasteiger partial charge in [0.05, 0.1) is 5.92 Å². The molecular formula is C33H34F2N2O5. The first-order valence-electron chi connectivity index (χ1n) is 14.4. The monoisotopic (exact) mass is 576 g/mol. The average Bonchev–Trinajstić information content (AvgIpc) is 3.50. The number of carbonyl (C=O) groups excluding carboxylic acids is 2. The molecule has 0 bridgehead atoms. The molecule has 0 aromatic heterocycles. The SMILES string of the molecule is O=C(Nc1cccc(CC2CC2)c1)C(c1ccc(CN2Cc3cc(F)c(F)cc3C2=O)cc1)C1CCCC1.O=C(O)O.